The van der Waals surface area contributed by atoms with E-state index >= 15 is 0 Å². The zero-order valence-electron chi connectivity index (χ0n) is 12.4. The van der Waals surface area contributed by atoms with Crippen molar-refractivity contribution in [2.24, 2.45) is 0 Å². The van der Waals surface area contributed by atoms with E-state index in [2.05, 4.69) is 28.5 Å². The van der Waals surface area contributed by atoms with Gasteiger partial charge in [-0.2, -0.15) is 4.98 Å². The normalized spacial score (nSPS) is 11.6. The van der Waals surface area contributed by atoms with Gasteiger partial charge in [0, 0.05) is 24.7 Å². The molecule has 0 aliphatic rings. The van der Waals surface area contributed by atoms with Gasteiger partial charge in [0.1, 0.15) is 5.69 Å². The quantitative estimate of drug-likeness (QED) is 0.723. The maximum absolute atomic E-state index is 5.52. The Hall–Kier alpha value is -1.11. The zero-order chi connectivity index (χ0) is 14.4. The Labute approximate surface area is 123 Å². The molecule has 0 bridgehead atoms. The van der Waals surface area contributed by atoms with Crippen molar-refractivity contribution in [3.8, 4) is 5.88 Å². The Morgan fingerprint density at radius 1 is 1.40 bits per heavy atom. The molecule has 0 unspecified atom stereocenters. The minimum Gasteiger partial charge on any atom is -0.480 e. The Bertz CT molecular complexity index is 521. The van der Waals surface area contributed by atoms with Crippen LogP contribution in [0.5, 0.6) is 5.88 Å². The van der Waals surface area contributed by atoms with Gasteiger partial charge in [0.05, 0.1) is 13.2 Å². The molecule has 2 aromatic heterocycles. The van der Waals surface area contributed by atoms with Gasteiger partial charge in [-0.15, -0.1) is 11.3 Å². The second-order valence-electron chi connectivity index (χ2n) is 4.93. The molecule has 0 radical (unpaired) electrons. The van der Waals surface area contributed by atoms with Gasteiger partial charge in [0.25, 0.3) is 0 Å². The standard InChI is InChI=1S/C14H23N3O2S/c1-11(2)19-8-5-4-6-15-10-12-13(18-3)16-14-17(12)7-9-20-14/h7,9,11,15H,4-6,8,10H2,1-3H3. The fourth-order valence-corrected chi connectivity index (χ4v) is 2.74. The van der Waals surface area contributed by atoms with Gasteiger partial charge in [0.15, 0.2) is 4.96 Å². The van der Waals surface area contributed by atoms with Crippen molar-refractivity contribution in [3.63, 3.8) is 0 Å². The van der Waals surface area contributed by atoms with Crippen LogP contribution in [0.3, 0.4) is 0 Å². The van der Waals surface area contributed by atoms with E-state index in [9.17, 15) is 0 Å². The van der Waals surface area contributed by atoms with Crippen LogP contribution in [0.25, 0.3) is 4.96 Å². The molecule has 0 saturated heterocycles. The highest BCUT2D eigenvalue weighted by Gasteiger charge is 2.12. The molecule has 0 amide bonds. The van der Waals surface area contributed by atoms with Crippen molar-refractivity contribution in [3.05, 3.63) is 17.3 Å². The number of hydrogen-bond donors (Lipinski definition) is 1. The second kappa shape index (κ2) is 7.61. The molecule has 0 saturated carbocycles. The summed E-state index contributed by atoms with van der Waals surface area (Å²) in [5.41, 5.74) is 1.09. The minimum absolute atomic E-state index is 0.325. The Morgan fingerprint density at radius 3 is 3.00 bits per heavy atom. The molecule has 5 nitrogen and oxygen atoms in total. The summed E-state index contributed by atoms with van der Waals surface area (Å²) in [5.74, 6) is 0.715. The van der Waals surface area contributed by atoms with Crippen LogP contribution >= 0.6 is 11.3 Å². The number of fused-ring (bicyclic) bond motifs is 1. The highest BCUT2D eigenvalue weighted by molar-refractivity contribution is 7.15. The highest BCUT2D eigenvalue weighted by atomic mass is 32.1. The smallest absolute Gasteiger partial charge is 0.237 e. The number of rotatable bonds is 9. The van der Waals surface area contributed by atoms with E-state index in [1.165, 1.54) is 0 Å². The highest BCUT2D eigenvalue weighted by Crippen LogP contribution is 2.22. The van der Waals surface area contributed by atoms with Gasteiger partial charge < -0.3 is 14.8 Å². The molecule has 0 aliphatic carbocycles. The maximum atomic E-state index is 5.52. The third-order valence-electron chi connectivity index (χ3n) is 3.01. The summed E-state index contributed by atoms with van der Waals surface area (Å²) in [6.45, 7) is 6.71. The van der Waals surface area contributed by atoms with E-state index < -0.39 is 0 Å². The summed E-state index contributed by atoms with van der Waals surface area (Å²) in [6, 6.07) is 0. The molecule has 2 rings (SSSR count). The monoisotopic (exact) mass is 297 g/mol. The molecule has 0 fully saturated rings. The fraction of sp³-hybridized carbons (Fsp3) is 0.643. The van der Waals surface area contributed by atoms with Crippen LogP contribution in [-0.2, 0) is 11.3 Å². The predicted molar refractivity (Wildman–Crippen MR) is 81.6 cm³/mol. The molecule has 20 heavy (non-hydrogen) atoms. The topological polar surface area (TPSA) is 47.8 Å². The lowest BCUT2D eigenvalue weighted by Gasteiger charge is -2.08. The van der Waals surface area contributed by atoms with Crippen molar-refractivity contribution < 1.29 is 9.47 Å². The largest absolute Gasteiger partial charge is 0.480 e. The molecule has 1 N–H and O–H groups in total. The van der Waals surface area contributed by atoms with Gasteiger partial charge >= 0.3 is 0 Å². The average Bonchev–Trinajstić information content (AvgIpc) is 2.98. The first-order chi connectivity index (χ1) is 9.72. The van der Waals surface area contributed by atoms with Crippen LogP contribution in [0.15, 0.2) is 11.6 Å². The number of nitrogens with one attached hydrogen (secondary N) is 1. The first-order valence-corrected chi connectivity index (χ1v) is 7.91. The molecule has 0 aromatic carbocycles. The number of nitrogens with zero attached hydrogens (tertiary/aromatic N) is 2. The SMILES string of the molecule is COc1nc2sccn2c1CNCCCCOC(C)C. The zero-order valence-corrected chi connectivity index (χ0v) is 13.2. The van der Waals surface area contributed by atoms with Gasteiger partial charge in [0.2, 0.25) is 5.88 Å². The number of unbranched alkanes of at least 4 members (excludes halogenated alkanes) is 1. The third kappa shape index (κ3) is 3.94. The summed E-state index contributed by atoms with van der Waals surface area (Å²) in [6.07, 6.45) is 4.55. The van der Waals surface area contributed by atoms with Gasteiger partial charge in [-0.3, -0.25) is 4.40 Å². The number of aromatic nitrogens is 2. The number of hydrogen-bond acceptors (Lipinski definition) is 5. The molecule has 0 spiro atoms. The van der Waals surface area contributed by atoms with Gasteiger partial charge in [-0.05, 0) is 33.2 Å². The van der Waals surface area contributed by atoms with Crippen LogP contribution in [-0.4, -0.2) is 35.8 Å². The number of thiazole rings is 1. The molecule has 112 valence electrons. The van der Waals surface area contributed by atoms with Crippen molar-refractivity contribution in [1.82, 2.24) is 14.7 Å². The summed E-state index contributed by atoms with van der Waals surface area (Å²) in [4.78, 5) is 5.41. The van der Waals surface area contributed by atoms with E-state index in [4.69, 9.17) is 9.47 Å². The second-order valence-corrected chi connectivity index (χ2v) is 5.80. The summed E-state index contributed by atoms with van der Waals surface area (Å²) in [7, 11) is 1.67. The first kappa shape index (κ1) is 15.3. The molecule has 0 atom stereocenters. The number of imidazole rings is 1. The van der Waals surface area contributed by atoms with Crippen molar-refractivity contribution in [1.29, 1.82) is 0 Å². The van der Waals surface area contributed by atoms with Crippen molar-refractivity contribution in [2.45, 2.75) is 39.3 Å². The lowest BCUT2D eigenvalue weighted by Crippen LogP contribution is -2.17. The molecule has 2 aromatic rings. The average molecular weight is 297 g/mol. The fourth-order valence-electron chi connectivity index (χ4n) is 2.01. The summed E-state index contributed by atoms with van der Waals surface area (Å²) >= 11 is 1.62. The Morgan fingerprint density at radius 2 is 2.25 bits per heavy atom. The summed E-state index contributed by atoms with van der Waals surface area (Å²) < 4.78 is 12.9. The number of ether oxygens (including phenoxy) is 2. The van der Waals surface area contributed by atoms with Crippen molar-refractivity contribution >= 4 is 16.3 Å². The van der Waals surface area contributed by atoms with Crippen LogP contribution in [0, 0.1) is 0 Å². The predicted octanol–water partition coefficient (Wildman–Crippen LogP) is 2.70. The van der Waals surface area contributed by atoms with Gasteiger partial charge in [-0.1, -0.05) is 0 Å². The van der Waals surface area contributed by atoms with Gasteiger partial charge in [-0.25, -0.2) is 0 Å². The van der Waals surface area contributed by atoms with E-state index in [1.54, 1.807) is 18.4 Å². The Kier molecular flexibility index (Phi) is 5.82. The minimum atomic E-state index is 0.325. The molecule has 0 aliphatic heterocycles. The van der Waals surface area contributed by atoms with Crippen molar-refractivity contribution in [2.75, 3.05) is 20.3 Å². The van der Waals surface area contributed by atoms with E-state index in [0.29, 0.717) is 12.0 Å². The molecule has 6 heteroatoms. The molecular weight excluding hydrogens is 274 g/mol. The van der Waals surface area contributed by atoms with E-state index in [1.807, 2.05) is 11.6 Å². The maximum Gasteiger partial charge on any atom is 0.237 e. The summed E-state index contributed by atoms with van der Waals surface area (Å²) in [5, 5.41) is 5.48. The lowest BCUT2D eigenvalue weighted by atomic mass is 10.3. The van der Waals surface area contributed by atoms with Crippen LogP contribution in [0.1, 0.15) is 32.4 Å². The Balaban J connectivity index is 1.74. The van der Waals surface area contributed by atoms with E-state index in [-0.39, 0.29) is 0 Å². The van der Waals surface area contributed by atoms with Crippen LogP contribution in [0.4, 0.5) is 0 Å². The van der Waals surface area contributed by atoms with E-state index in [0.717, 1.165) is 43.2 Å². The molecular formula is C14H23N3O2S. The third-order valence-corrected chi connectivity index (χ3v) is 3.77. The van der Waals surface area contributed by atoms with Crippen LogP contribution in [0.2, 0.25) is 0 Å². The first-order valence-electron chi connectivity index (χ1n) is 7.03. The molecule has 2 heterocycles. The lowest BCUT2D eigenvalue weighted by molar-refractivity contribution is 0.0760. The number of methoxy groups -OCH3 is 1. The van der Waals surface area contributed by atoms with Crippen LogP contribution < -0.4 is 10.1 Å².